The maximum Gasteiger partial charge on any atom is 0.191 e. The van der Waals surface area contributed by atoms with E-state index in [0.29, 0.717) is 5.56 Å². The standard InChI is InChI=1S/C22H18N2O/c25-22(19-15-23-20-14-8-7-13-18(19)20)21(16-9-3-1-4-10-16)24-17-11-5-2-6-12-17/h1-15,21,23-24H. The van der Waals surface area contributed by atoms with Gasteiger partial charge in [0.15, 0.2) is 5.78 Å². The first-order chi connectivity index (χ1) is 12.3. The molecule has 25 heavy (non-hydrogen) atoms. The van der Waals surface area contributed by atoms with Gasteiger partial charge in [0.2, 0.25) is 0 Å². The Hall–Kier alpha value is -3.33. The summed E-state index contributed by atoms with van der Waals surface area (Å²) in [5, 5.41) is 4.33. The van der Waals surface area contributed by atoms with E-state index in [-0.39, 0.29) is 5.78 Å². The fraction of sp³-hybridized carbons (Fsp3) is 0.0455. The first-order valence-electron chi connectivity index (χ1n) is 8.30. The smallest absolute Gasteiger partial charge is 0.191 e. The van der Waals surface area contributed by atoms with Crippen molar-refractivity contribution in [2.75, 3.05) is 5.32 Å². The number of Topliss-reactive ketones (excluding diaryl/α,β-unsaturated/α-hetero) is 1. The normalized spacial score (nSPS) is 12.0. The molecule has 0 aliphatic rings. The maximum atomic E-state index is 13.3. The number of hydrogen-bond acceptors (Lipinski definition) is 2. The van der Waals surface area contributed by atoms with Crippen molar-refractivity contribution in [3.63, 3.8) is 0 Å². The first-order valence-corrected chi connectivity index (χ1v) is 8.30. The molecule has 3 heteroatoms. The second-order valence-electron chi connectivity index (χ2n) is 5.97. The number of aromatic amines is 1. The van der Waals surface area contributed by atoms with Crippen molar-refractivity contribution in [2.24, 2.45) is 0 Å². The predicted molar refractivity (Wildman–Crippen MR) is 102 cm³/mol. The lowest BCUT2D eigenvalue weighted by atomic mass is 9.96. The fourth-order valence-corrected chi connectivity index (χ4v) is 3.08. The second-order valence-corrected chi connectivity index (χ2v) is 5.97. The lowest BCUT2D eigenvalue weighted by Crippen LogP contribution is -2.21. The molecule has 3 nitrogen and oxygen atoms in total. The number of fused-ring (bicyclic) bond motifs is 1. The number of rotatable bonds is 5. The van der Waals surface area contributed by atoms with Crippen LogP contribution in [0.5, 0.6) is 0 Å². The Morgan fingerprint density at radius 1 is 0.800 bits per heavy atom. The predicted octanol–water partition coefficient (Wildman–Crippen LogP) is 5.20. The van der Waals surface area contributed by atoms with E-state index in [9.17, 15) is 4.79 Å². The fourth-order valence-electron chi connectivity index (χ4n) is 3.08. The lowest BCUT2D eigenvalue weighted by Gasteiger charge is -2.19. The lowest BCUT2D eigenvalue weighted by molar-refractivity contribution is 0.0971. The van der Waals surface area contributed by atoms with Crippen LogP contribution in [0.1, 0.15) is 22.0 Å². The summed E-state index contributed by atoms with van der Waals surface area (Å²) in [5.41, 5.74) is 3.54. The van der Waals surface area contributed by atoms with Crippen molar-refractivity contribution in [3.8, 4) is 0 Å². The Kier molecular flexibility index (Phi) is 4.05. The summed E-state index contributed by atoms with van der Waals surface area (Å²) in [6.07, 6.45) is 1.80. The average Bonchev–Trinajstić information content (AvgIpc) is 3.11. The molecule has 0 saturated heterocycles. The van der Waals surface area contributed by atoms with Gasteiger partial charge in [0.25, 0.3) is 0 Å². The summed E-state index contributed by atoms with van der Waals surface area (Å²) in [7, 11) is 0. The van der Waals surface area contributed by atoms with Crippen molar-refractivity contribution < 1.29 is 4.79 Å². The van der Waals surface area contributed by atoms with Crippen molar-refractivity contribution in [1.82, 2.24) is 4.98 Å². The zero-order chi connectivity index (χ0) is 17.1. The number of anilines is 1. The molecule has 0 aliphatic heterocycles. The molecular weight excluding hydrogens is 308 g/mol. The van der Waals surface area contributed by atoms with Crippen LogP contribution < -0.4 is 5.32 Å². The Balaban J connectivity index is 1.76. The van der Waals surface area contributed by atoms with Crippen LogP contribution in [0.2, 0.25) is 0 Å². The van der Waals surface area contributed by atoms with Gasteiger partial charge in [-0.15, -0.1) is 0 Å². The minimum Gasteiger partial charge on any atom is -0.371 e. The Bertz CT molecular complexity index is 990. The van der Waals surface area contributed by atoms with Crippen molar-refractivity contribution in [1.29, 1.82) is 0 Å². The van der Waals surface area contributed by atoms with Crippen LogP contribution >= 0.6 is 0 Å². The molecule has 3 aromatic carbocycles. The van der Waals surface area contributed by atoms with Gasteiger partial charge in [0.05, 0.1) is 0 Å². The number of benzene rings is 3. The minimum atomic E-state index is -0.442. The van der Waals surface area contributed by atoms with Crippen LogP contribution in [0.25, 0.3) is 10.9 Å². The highest BCUT2D eigenvalue weighted by Gasteiger charge is 2.24. The van der Waals surface area contributed by atoms with Crippen LogP contribution in [0.4, 0.5) is 5.69 Å². The minimum absolute atomic E-state index is 0.0486. The molecule has 1 unspecified atom stereocenters. The number of ketones is 1. The molecule has 2 N–H and O–H groups in total. The van der Waals surface area contributed by atoms with Gasteiger partial charge in [-0.1, -0.05) is 66.7 Å². The van der Waals surface area contributed by atoms with E-state index in [1.807, 2.05) is 84.9 Å². The van der Waals surface area contributed by atoms with Gasteiger partial charge in [-0.25, -0.2) is 0 Å². The second kappa shape index (κ2) is 6.65. The first kappa shape index (κ1) is 15.2. The molecule has 4 rings (SSSR count). The topological polar surface area (TPSA) is 44.9 Å². The summed E-state index contributed by atoms with van der Waals surface area (Å²) in [6, 6.07) is 27.1. The van der Waals surface area contributed by atoms with Crippen LogP contribution in [0, 0.1) is 0 Å². The number of nitrogens with one attached hydrogen (secondary N) is 2. The van der Waals surface area contributed by atoms with E-state index >= 15 is 0 Å². The summed E-state index contributed by atoms with van der Waals surface area (Å²) < 4.78 is 0. The zero-order valence-electron chi connectivity index (χ0n) is 13.6. The largest absolute Gasteiger partial charge is 0.371 e. The molecule has 1 atom stereocenters. The molecule has 0 saturated carbocycles. The van der Waals surface area contributed by atoms with Gasteiger partial charge in [0, 0.05) is 28.4 Å². The van der Waals surface area contributed by atoms with E-state index in [2.05, 4.69) is 10.3 Å². The SMILES string of the molecule is O=C(c1c[nH]c2ccccc12)C(Nc1ccccc1)c1ccccc1. The molecule has 0 radical (unpaired) electrons. The molecular formula is C22H18N2O. The van der Waals surface area contributed by atoms with Gasteiger partial charge in [-0.05, 0) is 23.8 Å². The summed E-state index contributed by atoms with van der Waals surface area (Å²) >= 11 is 0. The highest BCUT2D eigenvalue weighted by Crippen LogP contribution is 2.27. The van der Waals surface area contributed by atoms with E-state index in [1.54, 1.807) is 6.20 Å². The van der Waals surface area contributed by atoms with E-state index in [0.717, 1.165) is 22.2 Å². The van der Waals surface area contributed by atoms with E-state index < -0.39 is 6.04 Å². The van der Waals surface area contributed by atoms with Crippen LogP contribution in [-0.2, 0) is 0 Å². The van der Waals surface area contributed by atoms with E-state index in [1.165, 1.54) is 0 Å². The monoisotopic (exact) mass is 326 g/mol. The Morgan fingerprint density at radius 3 is 2.20 bits per heavy atom. The molecule has 0 spiro atoms. The number of H-pyrrole nitrogens is 1. The van der Waals surface area contributed by atoms with Crippen LogP contribution in [0.15, 0.2) is 91.1 Å². The van der Waals surface area contributed by atoms with Gasteiger partial charge < -0.3 is 10.3 Å². The zero-order valence-corrected chi connectivity index (χ0v) is 13.6. The van der Waals surface area contributed by atoms with Gasteiger partial charge in [-0.3, -0.25) is 4.79 Å². The maximum absolute atomic E-state index is 13.3. The van der Waals surface area contributed by atoms with Crippen molar-refractivity contribution >= 4 is 22.4 Å². The molecule has 1 aromatic heterocycles. The number of carbonyl (C=O) groups excluding carboxylic acids is 1. The van der Waals surface area contributed by atoms with E-state index in [4.69, 9.17) is 0 Å². The third kappa shape index (κ3) is 3.04. The van der Waals surface area contributed by atoms with Crippen LogP contribution in [-0.4, -0.2) is 10.8 Å². The molecule has 0 aliphatic carbocycles. The molecule has 0 fully saturated rings. The molecule has 122 valence electrons. The van der Waals surface area contributed by atoms with Gasteiger partial charge in [0.1, 0.15) is 6.04 Å². The molecule has 0 amide bonds. The number of aromatic nitrogens is 1. The van der Waals surface area contributed by atoms with Crippen molar-refractivity contribution in [2.45, 2.75) is 6.04 Å². The molecule has 1 heterocycles. The quantitative estimate of drug-likeness (QED) is 0.495. The van der Waals surface area contributed by atoms with Gasteiger partial charge in [-0.2, -0.15) is 0 Å². The Labute approximate surface area is 146 Å². The van der Waals surface area contributed by atoms with Gasteiger partial charge >= 0.3 is 0 Å². The number of carbonyl (C=O) groups is 1. The Morgan fingerprint density at radius 2 is 1.44 bits per heavy atom. The van der Waals surface area contributed by atoms with Crippen LogP contribution in [0.3, 0.4) is 0 Å². The third-order valence-electron chi connectivity index (χ3n) is 4.33. The highest BCUT2D eigenvalue weighted by molar-refractivity contribution is 6.11. The number of para-hydroxylation sites is 2. The third-order valence-corrected chi connectivity index (χ3v) is 4.33. The summed E-state index contributed by atoms with van der Waals surface area (Å²) in [5.74, 6) is 0.0486. The highest BCUT2D eigenvalue weighted by atomic mass is 16.1. The summed E-state index contributed by atoms with van der Waals surface area (Å²) in [6.45, 7) is 0. The summed E-state index contributed by atoms with van der Waals surface area (Å²) in [4.78, 5) is 16.5. The number of hydrogen-bond donors (Lipinski definition) is 2. The average molecular weight is 326 g/mol. The molecule has 0 bridgehead atoms. The van der Waals surface area contributed by atoms with Crippen molar-refractivity contribution in [3.05, 3.63) is 102 Å². The molecule has 4 aromatic rings.